The molecule has 0 bridgehead atoms. The van der Waals surface area contributed by atoms with Gasteiger partial charge in [0.05, 0.1) is 19.8 Å². The van der Waals surface area contributed by atoms with Crippen molar-refractivity contribution in [3.8, 4) is 0 Å². The Bertz CT molecular complexity index is 637. The average molecular weight is 504 g/mol. The van der Waals surface area contributed by atoms with Gasteiger partial charge in [-0.1, -0.05) is 0 Å². The highest BCUT2D eigenvalue weighted by Crippen LogP contribution is 2.32. The lowest BCUT2D eigenvalue weighted by Gasteiger charge is -2.48. The third-order valence-electron chi connectivity index (χ3n) is 6.10. The number of aliphatic hydroxyl groups excluding tert-OH is 11. The van der Waals surface area contributed by atoms with Gasteiger partial charge in [-0.2, -0.15) is 0 Å². The third-order valence-corrected chi connectivity index (χ3v) is 6.10. The van der Waals surface area contributed by atoms with Gasteiger partial charge in [-0.15, -0.1) is 0 Å². The van der Waals surface area contributed by atoms with Crippen LogP contribution in [0, 0.1) is 0 Å². The molecule has 0 saturated carbocycles. The van der Waals surface area contributed by atoms with E-state index in [1.165, 1.54) is 0 Å². The van der Waals surface area contributed by atoms with E-state index in [2.05, 4.69) is 0 Å². The Labute approximate surface area is 192 Å². The Morgan fingerprint density at radius 2 is 0.824 bits per heavy atom. The van der Waals surface area contributed by atoms with Gasteiger partial charge in [-0.25, -0.2) is 0 Å². The molecule has 1 unspecified atom stereocenters. The summed E-state index contributed by atoms with van der Waals surface area (Å²) in [5, 5.41) is 109. The number of ether oxygens (including phenoxy) is 5. The van der Waals surface area contributed by atoms with Crippen molar-refractivity contribution >= 4 is 0 Å². The van der Waals surface area contributed by atoms with Crippen LogP contribution >= 0.6 is 0 Å². The lowest BCUT2D eigenvalue weighted by molar-refractivity contribution is -0.387. The standard InChI is InChI=1S/C18H32O16/c19-1-4-7(22)10(25)12(27)17(31-4)33-14-9(24)6(3-21)30-16(29)15(14)34-18-13(28)11(26)8(23)5(2-20)32-18/h4-29H,1-3H2/t4-,5-,6-,7-,8+,9-,10+,11+,12-,13-,14+,15-,16?,17+,18-/m1/s1. The van der Waals surface area contributed by atoms with Gasteiger partial charge in [0.1, 0.15) is 73.2 Å². The first-order valence-corrected chi connectivity index (χ1v) is 10.6. The summed E-state index contributed by atoms with van der Waals surface area (Å²) in [6.07, 6.45) is -25.6. The van der Waals surface area contributed by atoms with Gasteiger partial charge >= 0.3 is 0 Å². The van der Waals surface area contributed by atoms with Gasteiger partial charge in [0.25, 0.3) is 0 Å². The molecule has 200 valence electrons. The van der Waals surface area contributed by atoms with E-state index in [-0.39, 0.29) is 0 Å². The van der Waals surface area contributed by atoms with Crippen molar-refractivity contribution in [1.82, 2.24) is 0 Å². The van der Waals surface area contributed by atoms with Crippen molar-refractivity contribution in [3.63, 3.8) is 0 Å². The smallest absolute Gasteiger partial charge is 0.187 e. The van der Waals surface area contributed by atoms with E-state index in [0.717, 1.165) is 0 Å². The minimum absolute atomic E-state index is 0.769. The summed E-state index contributed by atoms with van der Waals surface area (Å²) >= 11 is 0. The zero-order valence-corrected chi connectivity index (χ0v) is 17.7. The highest BCUT2D eigenvalue weighted by molar-refractivity contribution is 4.96. The minimum Gasteiger partial charge on any atom is -0.394 e. The highest BCUT2D eigenvalue weighted by atomic mass is 16.8. The second kappa shape index (κ2) is 11.6. The largest absolute Gasteiger partial charge is 0.394 e. The van der Waals surface area contributed by atoms with E-state index in [1.807, 2.05) is 0 Å². The second-order valence-electron chi connectivity index (χ2n) is 8.33. The van der Waals surface area contributed by atoms with Gasteiger partial charge in [0.2, 0.25) is 0 Å². The minimum atomic E-state index is -1.94. The number of hydrogen-bond acceptors (Lipinski definition) is 16. The Balaban J connectivity index is 1.83. The maximum Gasteiger partial charge on any atom is 0.187 e. The molecule has 0 amide bonds. The molecule has 3 heterocycles. The molecule has 3 saturated heterocycles. The fourth-order valence-corrected chi connectivity index (χ4v) is 4.03. The average Bonchev–Trinajstić information content (AvgIpc) is 2.83. The Morgan fingerprint density at radius 3 is 1.24 bits per heavy atom. The summed E-state index contributed by atoms with van der Waals surface area (Å²) in [6.45, 7) is -2.33. The molecule has 0 aliphatic carbocycles. The molecule has 15 atom stereocenters. The normalized spacial score (nSPS) is 52.5. The van der Waals surface area contributed by atoms with Crippen LogP contribution in [-0.2, 0) is 23.7 Å². The van der Waals surface area contributed by atoms with Crippen molar-refractivity contribution < 1.29 is 79.9 Å². The van der Waals surface area contributed by atoms with E-state index in [9.17, 15) is 56.2 Å². The van der Waals surface area contributed by atoms with E-state index in [4.69, 9.17) is 23.7 Å². The molecule has 0 aromatic rings. The lowest BCUT2D eigenvalue weighted by Crippen LogP contribution is -2.67. The summed E-state index contributed by atoms with van der Waals surface area (Å²) in [7, 11) is 0. The molecular formula is C18H32O16. The van der Waals surface area contributed by atoms with Crippen molar-refractivity contribution in [2.45, 2.75) is 92.1 Å². The van der Waals surface area contributed by atoms with E-state index in [1.54, 1.807) is 0 Å². The maximum absolute atomic E-state index is 10.6. The molecule has 3 aliphatic heterocycles. The van der Waals surface area contributed by atoms with Crippen LogP contribution in [0.5, 0.6) is 0 Å². The SMILES string of the molecule is OC[C@H]1O[C@H](O[C@H]2C(O)O[C@H](CO)[C@@H](O)[C@@H]2O[C@@H]2O[C@H](CO)[C@@H](O)[C@H](O)[C@H]2O)[C@H](O)[C@@H](O)[C@H]1O. The first-order chi connectivity index (χ1) is 16.0. The van der Waals surface area contributed by atoms with Crippen LogP contribution in [0.2, 0.25) is 0 Å². The molecule has 16 nitrogen and oxygen atoms in total. The quantitative estimate of drug-likeness (QED) is 0.154. The summed E-state index contributed by atoms with van der Waals surface area (Å²) in [5.41, 5.74) is 0. The van der Waals surface area contributed by atoms with Crippen LogP contribution in [0.3, 0.4) is 0 Å². The Hall–Kier alpha value is -0.640. The first-order valence-electron chi connectivity index (χ1n) is 10.6. The summed E-state index contributed by atoms with van der Waals surface area (Å²) in [6, 6.07) is 0. The molecule has 16 heteroatoms. The predicted octanol–water partition coefficient (Wildman–Crippen LogP) is -7.57. The zero-order chi connectivity index (χ0) is 25.3. The molecule has 3 aliphatic rings. The molecule has 3 rings (SSSR count). The van der Waals surface area contributed by atoms with E-state index in [0.29, 0.717) is 0 Å². The topological polar surface area (TPSA) is 269 Å². The van der Waals surface area contributed by atoms with E-state index < -0.39 is 112 Å². The van der Waals surface area contributed by atoms with Gasteiger partial charge < -0.3 is 79.9 Å². The molecule has 0 spiro atoms. The lowest BCUT2D eigenvalue weighted by atomic mass is 9.96. The fraction of sp³-hybridized carbons (Fsp3) is 1.00. The maximum atomic E-state index is 10.6. The molecule has 0 aromatic carbocycles. The van der Waals surface area contributed by atoms with Crippen LogP contribution in [0.15, 0.2) is 0 Å². The summed E-state index contributed by atoms with van der Waals surface area (Å²) < 4.78 is 26.5. The van der Waals surface area contributed by atoms with Gasteiger partial charge in [0.15, 0.2) is 18.9 Å². The fourth-order valence-electron chi connectivity index (χ4n) is 4.03. The summed E-state index contributed by atoms with van der Waals surface area (Å²) in [4.78, 5) is 0. The second-order valence-corrected chi connectivity index (χ2v) is 8.33. The van der Waals surface area contributed by atoms with Crippen molar-refractivity contribution in [3.05, 3.63) is 0 Å². The van der Waals surface area contributed by atoms with Gasteiger partial charge in [0, 0.05) is 0 Å². The molecule has 0 aromatic heterocycles. The number of rotatable bonds is 7. The monoisotopic (exact) mass is 504 g/mol. The van der Waals surface area contributed by atoms with Crippen LogP contribution < -0.4 is 0 Å². The van der Waals surface area contributed by atoms with Gasteiger partial charge in [-0.05, 0) is 0 Å². The van der Waals surface area contributed by atoms with Crippen molar-refractivity contribution in [2.24, 2.45) is 0 Å². The van der Waals surface area contributed by atoms with E-state index >= 15 is 0 Å². The Morgan fingerprint density at radius 1 is 0.441 bits per heavy atom. The molecule has 11 N–H and O–H groups in total. The molecule has 0 radical (unpaired) electrons. The molecule has 34 heavy (non-hydrogen) atoms. The van der Waals surface area contributed by atoms with Gasteiger partial charge in [-0.3, -0.25) is 0 Å². The predicted molar refractivity (Wildman–Crippen MR) is 101 cm³/mol. The van der Waals surface area contributed by atoms with Crippen LogP contribution in [0.4, 0.5) is 0 Å². The number of aliphatic hydroxyl groups is 11. The third kappa shape index (κ3) is 5.37. The van der Waals surface area contributed by atoms with Crippen LogP contribution in [0.25, 0.3) is 0 Å². The number of hydrogen-bond donors (Lipinski definition) is 11. The first kappa shape index (κ1) is 27.9. The van der Waals surface area contributed by atoms with Crippen LogP contribution in [0.1, 0.15) is 0 Å². The zero-order valence-electron chi connectivity index (χ0n) is 17.7. The van der Waals surface area contributed by atoms with Crippen molar-refractivity contribution in [1.29, 1.82) is 0 Å². The van der Waals surface area contributed by atoms with Crippen molar-refractivity contribution in [2.75, 3.05) is 19.8 Å². The Kier molecular flexibility index (Phi) is 9.54. The summed E-state index contributed by atoms with van der Waals surface area (Å²) in [5.74, 6) is 0. The highest BCUT2D eigenvalue weighted by Gasteiger charge is 2.53. The molecule has 3 fully saturated rings. The van der Waals surface area contributed by atoms with Crippen LogP contribution in [-0.4, -0.2) is 168 Å². The molecular weight excluding hydrogens is 472 g/mol.